The lowest BCUT2D eigenvalue weighted by Crippen LogP contribution is -2.12. The Balaban J connectivity index is 2.92. The molecule has 0 spiro atoms. The van der Waals surface area contributed by atoms with Crippen LogP contribution in [0.4, 0.5) is 11.4 Å². The highest BCUT2D eigenvalue weighted by Crippen LogP contribution is 2.20. The maximum Gasteiger partial charge on any atom is 0.0762 e. The maximum atomic E-state index is 5.75. The molecule has 15 heavy (non-hydrogen) atoms. The number of nitrogens with one attached hydrogen (secondary N) is 1. The third-order valence-electron chi connectivity index (χ3n) is 1.87. The number of aromatic nitrogens is 1. The van der Waals surface area contributed by atoms with Gasteiger partial charge in [0.2, 0.25) is 0 Å². The quantitative estimate of drug-likeness (QED) is 0.623. The van der Waals surface area contributed by atoms with Crippen LogP contribution in [0.15, 0.2) is 12.4 Å². The molecule has 0 saturated carbocycles. The van der Waals surface area contributed by atoms with E-state index < -0.39 is 0 Å². The Hall–Kier alpha value is -1.73. The van der Waals surface area contributed by atoms with Gasteiger partial charge in [-0.05, 0) is 6.92 Å². The number of rotatable bonds is 2. The van der Waals surface area contributed by atoms with Crippen LogP contribution in [-0.4, -0.2) is 18.1 Å². The first-order chi connectivity index (χ1) is 7.15. The Morgan fingerprint density at radius 3 is 2.87 bits per heavy atom. The SMILES string of the molecule is CNc1c(N)cncc1C#CC[C@H](C)N. The second-order valence-corrected chi connectivity index (χ2v) is 3.38. The van der Waals surface area contributed by atoms with Gasteiger partial charge in [-0.3, -0.25) is 4.98 Å². The van der Waals surface area contributed by atoms with Crippen molar-refractivity contribution in [2.24, 2.45) is 5.73 Å². The molecular formula is C11H16N4. The van der Waals surface area contributed by atoms with Crippen molar-refractivity contribution in [2.75, 3.05) is 18.1 Å². The predicted octanol–water partition coefficient (Wildman–Crippen LogP) is 0.794. The summed E-state index contributed by atoms with van der Waals surface area (Å²) in [4.78, 5) is 3.99. The minimum Gasteiger partial charge on any atom is -0.396 e. The summed E-state index contributed by atoms with van der Waals surface area (Å²) in [5.74, 6) is 5.99. The Morgan fingerprint density at radius 2 is 2.27 bits per heavy atom. The highest BCUT2D eigenvalue weighted by atomic mass is 14.9. The van der Waals surface area contributed by atoms with Gasteiger partial charge in [0.25, 0.3) is 0 Å². The summed E-state index contributed by atoms with van der Waals surface area (Å²) in [6.45, 7) is 1.92. The summed E-state index contributed by atoms with van der Waals surface area (Å²) in [5, 5.41) is 3.00. The van der Waals surface area contributed by atoms with Gasteiger partial charge in [0.1, 0.15) is 0 Å². The van der Waals surface area contributed by atoms with Crippen molar-refractivity contribution in [2.45, 2.75) is 19.4 Å². The molecule has 0 aromatic carbocycles. The average Bonchev–Trinajstić information content (AvgIpc) is 2.17. The standard InChI is InChI=1S/C11H16N4/c1-8(12)4-3-5-9-6-15-7-10(13)11(9)14-2/h6-8H,4,12-13H2,1-2H3,(H,14,15)/t8-/m0/s1. The van der Waals surface area contributed by atoms with Crippen LogP contribution in [0.2, 0.25) is 0 Å². The van der Waals surface area contributed by atoms with E-state index in [1.54, 1.807) is 12.4 Å². The van der Waals surface area contributed by atoms with E-state index in [0.717, 1.165) is 11.3 Å². The van der Waals surface area contributed by atoms with Gasteiger partial charge in [0.05, 0.1) is 23.1 Å². The third kappa shape index (κ3) is 3.15. The molecule has 4 heteroatoms. The molecule has 0 fully saturated rings. The molecule has 0 aliphatic heterocycles. The van der Waals surface area contributed by atoms with Crippen molar-refractivity contribution in [3.8, 4) is 11.8 Å². The van der Waals surface area contributed by atoms with Crippen molar-refractivity contribution in [3.05, 3.63) is 18.0 Å². The Labute approximate surface area is 90.1 Å². The van der Waals surface area contributed by atoms with Gasteiger partial charge in [-0.25, -0.2) is 0 Å². The van der Waals surface area contributed by atoms with Gasteiger partial charge >= 0.3 is 0 Å². The molecule has 0 amide bonds. The molecule has 1 aromatic heterocycles. The van der Waals surface area contributed by atoms with Crippen LogP contribution in [0, 0.1) is 11.8 Å². The van der Waals surface area contributed by atoms with Crippen molar-refractivity contribution in [1.82, 2.24) is 4.98 Å². The van der Waals surface area contributed by atoms with Crippen LogP contribution in [0.5, 0.6) is 0 Å². The van der Waals surface area contributed by atoms with Crippen molar-refractivity contribution >= 4 is 11.4 Å². The average molecular weight is 204 g/mol. The molecule has 0 unspecified atom stereocenters. The molecule has 0 saturated heterocycles. The molecule has 0 aliphatic carbocycles. The van der Waals surface area contributed by atoms with E-state index >= 15 is 0 Å². The molecule has 1 heterocycles. The fourth-order valence-corrected chi connectivity index (χ4v) is 1.16. The minimum absolute atomic E-state index is 0.0876. The van der Waals surface area contributed by atoms with Crippen LogP contribution in [0.1, 0.15) is 18.9 Å². The molecule has 0 aliphatic rings. The summed E-state index contributed by atoms with van der Waals surface area (Å²) in [6.07, 6.45) is 3.96. The Morgan fingerprint density at radius 1 is 1.53 bits per heavy atom. The first-order valence-electron chi connectivity index (χ1n) is 4.80. The summed E-state index contributed by atoms with van der Waals surface area (Å²) in [7, 11) is 1.81. The molecule has 0 bridgehead atoms. The van der Waals surface area contributed by atoms with Crippen molar-refractivity contribution in [3.63, 3.8) is 0 Å². The van der Waals surface area contributed by atoms with Gasteiger partial charge < -0.3 is 16.8 Å². The summed E-state index contributed by atoms with van der Waals surface area (Å²) >= 11 is 0. The smallest absolute Gasteiger partial charge is 0.0762 e. The van der Waals surface area contributed by atoms with Crippen molar-refractivity contribution in [1.29, 1.82) is 0 Å². The van der Waals surface area contributed by atoms with Gasteiger partial charge in [-0.15, -0.1) is 0 Å². The monoisotopic (exact) mass is 204 g/mol. The molecule has 80 valence electrons. The number of nitrogens with two attached hydrogens (primary N) is 2. The van der Waals surface area contributed by atoms with Crippen LogP contribution in [-0.2, 0) is 0 Å². The second-order valence-electron chi connectivity index (χ2n) is 3.38. The summed E-state index contributed by atoms with van der Waals surface area (Å²) < 4.78 is 0. The van der Waals surface area contributed by atoms with E-state index in [2.05, 4.69) is 22.1 Å². The number of hydrogen-bond acceptors (Lipinski definition) is 4. The van der Waals surface area contributed by atoms with Gasteiger partial charge in [0, 0.05) is 25.7 Å². The minimum atomic E-state index is 0.0876. The molecule has 5 N–H and O–H groups in total. The molecule has 1 rings (SSSR count). The van der Waals surface area contributed by atoms with Crippen molar-refractivity contribution < 1.29 is 0 Å². The van der Waals surface area contributed by atoms with Crippen LogP contribution >= 0.6 is 0 Å². The number of hydrogen-bond donors (Lipinski definition) is 3. The molecular weight excluding hydrogens is 188 g/mol. The lowest BCUT2D eigenvalue weighted by atomic mass is 10.2. The fraction of sp³-hybridized carbons (Fsp3) is 0.364. The summed E-state index contributed by atoms with van der Waals surface area (Å²) in [5.41, 5.74) is 13.6. The summed E-state index contributed by atoms with van der Waals surface area (Å²) in [6, 6.07) is 0.0876. The topological polar surface area (TPSA) is 77.0 Å². The first-order valence-corrected chi connectivity index (χ1v) is 4.80. The fourth-order valence-electron chi connectivity index (χ4n) is 1.16. The second kappa shape index (κ2) is 5.23. The van der Waals surface area contributed by atoms with Gasteiger partial charge in [-0.1, -0.05) is 11.8 Å². The van der Waals surface area contributed by atoms with E-state index in [0.29, 0.717) is 12.1 Å². The highest BCUT2D eigenvalue weighted by Gasteiger charge is 2.01. The zero-order valence-corrected chi connectivity index (χ0v) is 9.04. The van der Waals surface area contributed by atoms with E-state index in [1.807, 2.05) is 14.0 Å². The number of nitrogen functional groups attached to an aromatic ring is 1. The van der Waals surface area contributed by atoms with E-state index in [4.69, 9.17) is 11.5 Å². The zero-order chi connectivity index (χ0) is 11.3. The highest BCUT2D eigenvalue weighted by molar-refractivity contribution is 5.72. The first kappa shape index (κ1) is 11.3. The number of nitrogens with zero attached hydrogens (tertiary/aromatic N) is 1. The molecule has 0 radical (unpaired) electrons. The molecule has 1 atom stereocenters. The third-order valence-corrected chi connectivity index (χ3v) is 1.87. The Bertz CT molecular complexity index is 387. The maximum absolute atomic E-state index is 5.75. The van der Waals surface area contributed by atoms with Gasteiger partial charge in [0.15, 0.2) is 0 Å². The number of pyridine rings is 1. The molecule has 4 nitrogen and oxygen atoms in total. The van der Waals surface area contributed by atoms with E-state index in [9.17, 15) is 0 Å². The normalized spacial score (nSPS) is 11.4. The predicted molar refractivity (Wildman–Crippen MR) is 63.3 cm³/mol. The zero-order valence-electron chi connectivity index (χ0n) is 9.04. The molecule has 1 aromatic rings. The van der Waals surface area contributed by atoms with Crippen LogP contribution in [0.25, 0.3) is 0 Å². The van der Waals surface area contributed by atoms with Crippen LogP contribution < -0.4 is 16.8 Å². The van der Waals surface area contributed by atoms with Gasteiger partial charge in [-0.2, -0.15) is 0 Å². The number of anilines is 2. The van der Waals surface area contributed by atoms with Crippen LogP contribution in [0.3, 0.4) is 0 Å². The Kier molecular flexibility index (Phi) is 3.95. The van der Waals surface area contributed by atoms with E-state index in [-0.39, 0.29) is 6.04 Å². The van der Waals surface area contributed by atoms with E-state index in [1.165, 1.54) is 0 Å². The lowest BCUT2D eigenvalue weighted by Gasteiger charge is -2.05. The largest absolute Gasteiger partial charge is 0.396 e. The lowest BCUT2D eigenvalue weighted by molar-refractivity contribution is 0.771.